The predicted molar refractivity (Wildman–Crippen MR) is 61.9 cm³/mol. The second kappa shape index (κ2) is 4.41. The fourth-order valence-corrected chi connectivity index (χ4v) is 4.46. The molecule has 1 heterocycles. The Bertz CT molecular complexity index is 415. The van der Waals surface area contributed by atoms with Crippen LogP contribution >= 0.6 is 22.9 Å². The van der Waals surface area contributed by atoms with Gasteiger partial charge in [0.15, 0.2) is 0 Å². The van der Waals surface area contributed by atoms with E-state index in [1.807, 2.05) is 0 Å². The number of nitrogens with one attached hydrogen (secondary N) is 1. The minimum absolute atomic E-state index is 0.0697. The lowest BCUT2D eigenvalue weighted by molar-refractivity contribution is 0.556. The molecule has 1 N–H and O–H groups in total. The first-order valence-electron chi connectivity index (χ1n) is 4.79. The molecule has 0 aromatic carbocycles. The molecule has 1 fully saturated rings. The molecular formula is C9H12ClNO2S2. The van der Waals surface area contributed by atoms with Crippen molar-refractivity contribution in [3.63, 3.8) is 0 Å². The summed E-state index contributed by atoms with van der Waals surface area (Å²) in [6.45, 7) is 0. The Balaban J connectivity index is 2.11. The highest BCUT2D eigenvalue weighted by molar-refractivity contribution is 7.91. The van der Waals surface area contributed by atoms with Gasteiger partial charge in [0, 0.05) is 11.4 Å². The SMILES string of the molecule is O=S(=O)(NC1CCCC1Cl)c1cccs1. The smallest absolute Gasteiger partial charge is 0.206 e. The number of hydrogen-bond donors (Lipinski definition) is 1. The van der Waals surface area contributed by atoms with E-state index in [1.54, 1.807) is 17.5 Å². The zero-order valence-electron chi connectivity index (χ0n) is 8.02. The van der Waals surface area contributed by atoms with Crippen molar-refractivity contribution in [2.45, 2.75) is 34.9 Å². The number of rotatable bonds is 3. The van der Waals surface area contributed by atoms with Crippen LogP contribution in [0.25, 0.3) is 0 Å². The Labute approximate surface area is 98.5 Å². The van der Waals surface area contributed by atoms with E-state index < -0.39 is 10.0 Å². The highest BCUT2D eigenvalue weighted by Gasteiger charge is 2.30. The van der Waals surface area contributed by atoms with Crippen molar-refractivity contribution in [1.29, 1.82) is 0 Å². The normalized spacial score (nSPS) is 27.0. The molecule has 1 aromatic heterocycles. The van der Waals surface area contributed by atoms with Gasteiger partial charge in [0.25, 0.3) is 0 Å². The molecule has 2 rings (SSSR count). The van der Waals surface area contributed by atoms with Crippen LogP contribution in [-0.4, -0.2) is 19.8 Å². The van der Waals surface area contributed by atoms with Crippen LogP contribution in [-0.2, 0) is 10.0 Å². The molecule has 0 saturated heterocycles. The van der Waals surface area contributed by atoms with Crippen molar-refractivity contribution in [3.05, 3.63) is 17.5 Å². The number of alkyl halides is 1. The van der Waals surface area contributed by atoms with Crippen molar-refractivity contribution >= 4 is 33.0 Å². The third-order valence-corrected chi connectivity index (χ3v) is 5.91. The lowest BCUT2D eigenvalue weighted by atomic mass is 10.3. The van der Waals surface area contributed by atoms with Gasteiger partial charge in [-0.05, 0) is 24.3 Å². The standard InChI is InChI=1S/C9H12ClNO2S2/c10-7-3-1-4-8(7)11-15(12,13)9-5-2-6-14-9/h2,5-8,11H,1,3-4H2. The summed E-state index contributed by atoms with van der Waals surface area (Å²) in [5, 5.41) is 1.68. The number of halogens is 1. The molecule has 0 aliphatic heterocycles. The number of sulfonamides is 1. The van der Waals surface area contributed by atoms with E-state index in [0.717, 1.165) is 19.3 Å². The van der Waals surface area contributed by atoms with E-state index in [4.69, 9.17) is 11.6 Å². The van der Waals surface area contributed by atoms with Crippen molar-refractivity contribution in [1.82, 2.24) is 4.72 Å². The Hall–Kier alpha value is -0.100. The molecule has 1 aliphatic carbocycles. The fourth-order valence-electron chi connectivity index (χ4n) is 1.72. The lowest BCUT2D eigenvalue weighted by Gasteiger charge is -2.14. The minimum atomic E-state index is -3.35. The first-order valence-corrected chi connectivity index (χ1v) is 7.59. The Kier molecular flexibility index (Phi) is 3.35. The van der Waals surface area contributed by atoms with Crippen LogP contribution in [0.1, 0.15) is 19.3 Å². The van der Waals surface area contributed by atoms with E-state index in [0.29, 0.717) is 4.21 Å². The largest absolute Gasteiger partial charge is 0.250 e. The zero-order valence-corrected chi connectivity index (χ0v) is 10.4. The van der Waals surface area contributed by atoms with Gasteiger partial charge < -0.3 is 0 Å². The van der Waals surface area contributed by atoms with E-state index >= 15 is 0 Å². The topological polar surface area (TPSA) is 46.2 Å². The van der Waals surface area contributed by atoms with Gasteiger partial charge in [0.05, 0.1) is 0 Å². The predicted octanol–water partition coefficient (Wildman–Crippen LogP) is 2.19. The summed E-state index contributed by atoms with van der Waals surface area (Å²) in [5.74, 6) is 0. The van der Waals surface area contributed by atoms with Gasteiger partial charge in [-0.15, -0.1) is 22.9 Å². The first kappa shape index (κ1) is 11.4. The lowest BCUT2D eigenvalue weighted by Crippen LogP contribution is -2.37. The van der Waals surface area contributed by atoms with E-state index in [-0.39, 0.29) is 11.4 Å². The first-order chi connectivity index (χ1) is 7.09. The van der Waals surface area contributed by atoms with Crippen molar-refractivity contribution in [3.8, 4) is 0 Å². The monoisotopic (exact) mass is 265 g/mol. The fraction of sp³-hybridized carbons (Fsp3) is 0.556. The third-order valence-electron chi connectivity index (χ3n) is 2.50. The molecule has 6 heteroatoms. The Morgan fingerprint density at radius 1 is 1.47 bits per heavy atom. The van der Waals surface area contributed by atoms with Crippen LogP contribution in [0.2, 0.25) is 0 Å². The molecule has 0 spiro atoms. The molecule has 0 bridgehead atoms. The summed E-state index contributed by atoms with van der Waals surface area (Å²) in [6, 6.07) is 3.22. The molecule has 2 atom stereocenters. The van der Waals surface area contributed by atoms with Crippen LogP contribution < -0.4 is 4.72 Å². The van der Waals surface area contributed by atoms with Crippen LogP contribution in [0.5, 0.6) is 0 Å². The second-order valence-corrected chi connectivity index (χ2v) is 7.06. The van der Waals surface area contributed by atoms with Gasteiger partial charge >= 0.3 is 0 Å². The Morgan fingerprint density at radius 2 is 2.27 bits per heavy atom. The summed E-state index contributed by atoms with van der Waals surface area (Å²) < 4.78 is 26.7. The van der Waals surface area contributed by atoms with Gasteiger partial charge in [0.1, 0.15) is 4.21 Å². The van der Waals surface area contributed by atoms with Gasteiger partial charge in [-0.1, -0.05) is 12.5 Å². The van der Waals surface area contributed by atoms with E-state index in [1.165, 1.54) is 11.3 Å². The molecule has 0 amide bonds. The molecule has 1 saturated carbocycles. The Morgan fingerprint density at radius 3 is 2.80 bits per heavy atom. The molecule has 0 radical (unpaired) electrons. The molecule has 2 unspecified atom stereocenters. The molecule has 1 aliphatic rings. The molecule has 84 valence electrons. The average Bonchev–Trinajstić information content (AvgIpc) is 2.77. The second-order valence-electron chi connectivity index (χ2n) is 3.61. The van der Waals surface area contributed by atoms with Crippen molar-refractivity contribution < 1.29 is 8.42 Å². The maximum Gasteiger partial charge on any atom is 0.250 e. The maximum absolute atomic E-state index is 11.8. The zero-order chi connectivity index (χ0) is 10.9. The summed E-state index contributed by atoms with van der Waals surface area (Å²) >= 11 is 7.24. The van der Waals surface area contributed by atoms with Gasteiger partial charge in [-0.2, -0.15) is 0 Å². The highest BCUT2D eigenvalue weighted by atomic mass is 35.5. The molecule has 3 nitrogen and oxygen atoms in total. The molecular weight excluding hydrogens is 254 g/mol. The van der Waals surface area contributed by atoms with Gasteiger partial charge in [-0.25, -0.2) is 13.1 Å². The van der Waals surface area contributed by atoms with Crippen molar-refractivity contribution in [2.75, 3.05) is 0 Å². The minimum Gasteiger partial charge on any atom is -0.206 e. The number of hydrogen-bond acceptors (Lipinski definition) is 3. The molecule has 1 aromatic rings. The summed E-state index contributed by atoms with van der Waals surface area (Å²) in [5.41, 5.74) is 0. The van der Waals surface area contributed by atoms with Crippen LogP contribution in [0, 0.1) is 0 Å². The van der Waals surface area contributed by atoms with Crippen LogP contribution in [0.3, 0.4) is 0 Å². The van der Waals surface area contributed by atoms with Crippen molar-refractivity contribution in [2.24, 2.45) is 0 Å². The average molecular weight is 266 g/mol. The van der Waals surface area contributed by atoms with E-state index in [2.05, 4.69) is 4.72 Å². The third kappa shape index (κ3) is 2.53. The number of thiophene rings is 1. The van der Waals surface area contributed by atoms with E-state index in [9.17, 15) is 8.42 Å². The quantitative estimate of drug-likeness (QED) is 0.852. The van der Waals surface area contributed by atoms with Gasteiger partial charge in [0.2, 0.25) is 10.0 Å². The van der Waals surface area contributed by atoms with Crippen LogP contribution in [0.4, 0.5) is 0 Å². The summed E-state index contributed by atoms with van der Waals surface area (Å²) in [7, 11) is -3.35. The maximum atomic E-state index is 11.8. The highest BCUT2D eigenvalue weighted by Crippen LogP contribution is 2.26. The summed E-state index contributed by atoms with van der Waals surface area (Å²) in [4.78, 5) is 0. The van der Waals surface area contributed by atoms with Crippen LogP contribution in [0.15, 0.2) is 21.7 Å². The molecule has 15 heavy (non-hydrogen) atoms. The van der Waals surface area contributed by atoms with Gasteiger partial charge in [-0.3, -0.25) is 0 Å². The summed E-state index contributed by atoms with van der Waals surface area (Å²) in [6.07, 6.45) is 2.71.